The monoisotopic (exact) mass is 396 g/mol. The van der Waals surface area contributed by atoms with Crippen LogP contribution in [0.25, 0.3) is 0 Å². The molecule has 4 atom stereocenters. The summed E-state index contributed by atoms with van der Waals surface area (Å²) in [6, 6.07) is 0. The van der Waals surface area contributed by atoms with E-state index in [4.69, 9.17) is 20.0 Å². The molecule has 0 aromatic rings. The van der Waals surface area contributed by atoms with E-state index in [9.17, 15) is 19.6 Å². The average molecular weight is 395 g/mol. The van der Waals surface area contributed by atoms with Crippen molar-refractivity contribution in [1.82, 2.24) is 0 Å². The Kier molecular flexibility index (Phi) is 11.0. The van der Waals surface area contributed by atoms with Gasteiger partial charge in [0, 0.05) is 0 Å². The fourth-order valence-corrected chi connectivity index (χ4v) is 1.11. The van der Waals surface area contributed by atoms with Crippen molar-refractivity contribution in [3.63, 3.8) is 0 Å². The summed E-state index contributed by atoms with van der Waals surface area (Å²) in [5, 5.41) is 39.6. The summed E-state index contributed by atoms with van der Waals surface area (Å²) in [5.74, 6) is 0. The van der Waals surface area contributed by atoms with Crippen LogP contribution in [0.15, 0.2) is 0 Å². The normalized spacial score (nSPS) is 18.7. The van der Waals surface area contributed by atoms with Gasteiger partial charge in [-0.2, -0.15) is 0 Å². The number of carbonyl (C=O) groups excluding carboxylic acids is 1. The minimum Gasteiger partial charge on any atom is -0.851 e. The Balaban J connectivity index is 0. The third kappa shape index (κ3) is 8.83. The van der Waals surface area contributed by atoms with Crippen LogP contribution in [0.1, 0.15) is 0 Å². The quantitative estimate of drug-likeness (QED) is 0.187. The largest absolute Gasteiger partial charge is 2.00 e. The summed E-state index contributed by atoms with van der Waals surface area (Å²) in [7, 11) is -4.84. The minimum atomic E-state index is -4.84. The maximum absolute atomic E-state index is 10.9. The standard InChI is InChI=1S/C6H11O9P.Ba/c7-1-3(8)5(10)6(11)4(9)2-15-16(12,13)14;/h1,3-6,9,11H,2H2,(H2,12,13,14);/q-2;+2/t3-,4-,5-,6-;/m1./s1. The van der Waals surface area contributed by atoms with E-state index in [-0.39, 0.29) is 55.2 Å². The number of phosphoric ester groups is 1. The van der Waals surface area contributed by atoms with E-state index in [0.717, 1.165) is 0 Å². The molecule has 17 heavy (non-hydrogen) atoms. The first-order valence-electron chi connectivity index (χ1n) is 4.02. The fourth-order valence-electron chi connectivity index (χ4n) is 0.763. The molecule has 0 saturated heterocycles. The number of hydrogen-bond acceptors (Lipinski definition) is 7. The number of phosphoric acid groups is 1. The maximum Gasteiger partial charge on any atom is 2.00 e. The van der Waals surface area contributed by atoms with Gasteiger partial charge in [0.2, 0.25) is 0 Å². The third-order valence-corrected chi connectivity index (χ3v) is 2.09. The Bertz CT molecular complexity index is 268. The first kappa shape index (κ1) is 20.5. The predicted molar refractivity (Wildman–Crippen MR) is 49.4 cm³/mol. The molecule has 0 bridgehead atoms. The summed E-state index contributed by atoms with van der Waals surface area (Å²) in [4.78, 5) is 26.4. The molecule has 0 unspecified atom stereocenters. The van der Waals surface area contributed by atoms with Gasteiger partial charge in [-0.15, -0.1) is 6.10 Å². The number of aliphatic hydroxyl groups excluding tert-OH is 2. The van der Waals surface area contributed by atoms with Gasteiger partial charge in [-0.1, -0.05) is 6.10 Å². The van der Waals surface area contributed by atoms with Gasteiger partial charge >= 0.3 is 56.7 Å². The van der Waals surface area contributed by atoms with Crippen LogP contribution in [-0.4, -0.2) is 106 Å². The second-order valence-electron chi connectivity index (χ2n) is 2.91. The van der Waals surface area contributed by atoms with E-state index in [2.05, 4.69) is 4.52 Å². The molecule has 0 heterocycles. The summed E-state index contributed by atoms with van der Waals surface area (Å²) < 4.78 is 14.0. The van der Waals surface area contributed by atoms with Gasteiger partial charge in [-0.25, -0.2) is 4.57 Å². The van der Waals surface area contributed by atoms with Crippen molar-refractivity contribution >= 4 is 63.0 Å². The van der Waals surface area contributed by atoms with Gasteiger partial charge in [0.1, 0.15) is 12.4 Å². The minimum absolute atomic E-state index is 0. The summed E-state index contributed by atoms with van der Waals surface area (Å²) >= 11 is 0. The summed E-state index contributed by atoms with van der Waals surface area (Å²) in [6.07, 6.45) is -8.98. The zero-order valence-electron chi connectivity index (χ0n) is 8.58. The van der Waals surface area contributed by atoms with Gasteiger partial charge < -0.3 is 35.0 Å². The van der Waals surface area contributed by atoms with Crippen LogP contribution in [0.3, 0.4) is 0 Å². The van der Waals surface area contributed by atoms with Crippen LogP contribution in [0.4, 0.5) is 0 Å². The molecule has 0 aliphatic carbocycles. The first-order chi connectivity index (χ1) is 7.19. The van der Waals surface area contributed by atoms with Crippen molar-refractivity contribution in [2.75, 3.05) is 6.61 Å². The third-order valence-electron chi connectivity index (χ3n) is 1.60. The Morgan fingerprint density at radius 2 is 1.76 bits per heavy atom. The van der Waals surface area contributed by atoms with Crippen LogP contribution < -0.4 is 10.2 Å². The molecule has 0 rings (SSSR count). The summed E-state index contributed by atoms with van der Waals surface area (Å²) in [6.45, 7) is -1.03. The number of hydrogen-bond donors (Lipinski definition) is 4. The van der Waals surface area contributed by atoms with Crippen molar-refractivity contribution in [3.8, 4) is 0 Å². The molecular weight excluding hydrogens is 384 g/mol. The molecule has 0 spiro atoms. The second kappa shape index (κ2) is 9.15. The van der Waals surface area contributed by atoms with Crippen LogP contribution >= 0.6 is 7.82 Å². The zero-order valence-corrected chi connectivity index (χ0v) is 13.9. The van der Waals surface area contributed by atoms with Gasteiger partial charge in [-0.3, -0.25) is 4.52 Å². The summed E-state index contributed by atoms with van der Waals surface area (Å²) in [5.41, 5.74) is 0. The van der Waals surface area contributed by atoms with Gasteiger partial charge in [0.05, 0.1) is 12.7 Å². The maximum atomic E-state index is 10.9. The number of aldehydes is 1. The van der Waals surface area contributed by atoms with E-state index in [1.54, 1.807) is 0 Å². The molecule has 96 valence electrons. The second-order valence-corrected chi connectivity index (χ2v) is 4.15. The van der Waals surface area contributed by atoms with Crippen LogP contribution in [0.2, 0.25) is 0 Å². The molecule has 0 fully saturated rings. The Morgan fingerprint density at radius 1 is 1.29 bits per heavy atom. The Morgan fingerprint density at radius 3 is 2.12 bits per heavy atom. The van der Waals surface area contributed by atoms with Crippen molar-refractivity contribution < 1.29 is 44.1 Å². The van der Waals surface area contributed by atoms with Crippen LogP contribution in [-0.2, 0) is 13.9 Å². The number of carbonyl (C=O) groups is 1. The smallest absolute Gasteiger partial charge is 0.851 e. The Labute approximate surface area is 137 Å². The topological polar surface area (TPSA) is 170 Å². The molecule has 0 aromatic carbocycles. The van der Waals surface area contributed by atoms with E-state index in [1.165, 1.54) is 0 Å². The first-order valence-corrected chi connectivity index (χ1v) is 5.55. The Hall–Kier alpha value is 1.19. The molecule has 0 aliphatic heterocycles. The van der Waals surface area contributed by atoms with Crippen LogP contribution in [0.5, 0.6) is 0 Å². The molecule has 0 aromatic heterocycles. The van der Waals surface area contributed by atoms with Crippen molar-refractivity contribution in [3.05, 3.63) is 0 Å². The molecule has 4 N–H and O–H groups in total. The fraction of sp³-hybridized carbons (Fsp3) is 0.833. The SMILES string of the molecule is O=C[C@@H]([O-])[C@@H]([O-])[C@H](O)[C@H](O)COP(=O)(O)O.[Ba+2]. The van der Waals surface area contributed by atoms with Gasteiger partial charge in [0.15, 0.2) is 0 Å². The van der Waals surface area contributed by atoms with Crippen LogP contribution in [0, 0.1) is 0 Å². The van der Waals surface area contributed by atoms with E-state index < -0.39 is 38.8 Å². The van der Waals surface area contributed by atoms with Gasteiger partial charge in [-0.05, 0) is 0 Å². The number of rotatable bonds is 7. The van der Waals surface area contributed by atoms with Crippen molar-refractivity contribution in [2.24, 2.45) is 0 Å². The molecule has 0 saturated carbocycles. The van der Waals surface area contributed by atoms with Gasteiger partial charge in [0.25, 0.3) is 0 Å². The van der Waals surface area contributed by atoms with E-state index in [0.29, 0.717) is 0 Å². The molecular formula is C6H11BaO9P. The average Bonchev–Trinajstić information content (AvgIpc) is 2.21. The van der Waals surface area contributed by atoms with Crippen molar-refractivity contribution in [1.29, 1.82) is 0 Å². The van der Waals surface area contributed by atoms with Crippen molar-refractivity contribution in [2.45, 2.75) is 24.4 Å². The number of aliphatic hydroxyl groups is 2. The molecule has 0 amide bonds. The molecule has 0 radical (unpaired) electrons. The molecule has 0 aliphatic rings. The molecule has 9 nitrogen and oxygen atoms in total. The van der Waals surface area contributed by atoms with E-state index >= 15 is 0 Å². The molecule has 11 heteroatoms. The predicted octanol–water partition coefficient (Wildman–Crippen LogP) is -4.91. The zero-order chi connectivity index (χ0) is 12.9. The van der Waals surface area contributed by atoms with E-state index in [1.807, 2.05) is 0 Å².